The third-order valence-corrected chi connectivity index (χ3v) is 5.66. The average molecular weight is 373 g/mol. The van der Waals surface area contributed by atoms with E-state index in [1.807, 2.05) is 24.3 Å². The van der Waals surface area contributed by atoms with E-state index >= 15 is 0 Å². The van der Waals surface area contributed by atoms with Crippen LogP contribution in [0, 0.1) is 11.8 Å². The van der Waals surface area contributed by atoms with E-state index in [0.29, 0.717) is 5.92 Å². The monoisotopic (exact) mass is 372 g/mol. The highest BCUT2D eigenvalue weighted by molar-refractivity contribution is 5.86. The van der Waals surface area contributed by atoms with Crippen molar-refractivity contribution in [1.82, 2.24) is 0 Å². The standard InChI is InChI=1S/C24H36O3/c1-3-4-5-6-7-8-20-9-11-22(12-10-20)19-27-23-16-13-21(14-17-23)15-18-24(25)26-2/h13-18,20,22H,3-12,19H2,1-2H3/b18-15+/t20-,22-. The molecule has 0 unspecified atom stereocenters. The molecule has 1 aliphatic carbocycles. The quantitative estimate of drug-likeness (QED) is 0.255. The Hall–Kier alpha value is -1.77. The second kappa shape index (κ2) is 12.6. The molecule has 3 heteroatoms. The molecule has 1 aromatic rings. The van der Waals surface area contributed by atoms with Crippen LogP contribution in [0.2, 0.25) is 0 Å². The number of carbonyl (C=O) groups excluding carboxylic acids is 1. The fourth-order valence-electron chi connectivity index (χ4n) is 3.84. The molecule has 27 heavy (non-hydrogen) atoms. The first-order chi connectivity index (χ1) is 13.2. The van der Waals surface area contributed by atoms with Crippen molar-refractivity contribution in [3.63, 3.8) is 0 Å². The minimum absolute atomic E-state index is 0.341. The molecule has 3 nitrogen and oxygen atoms in total. The van der Waals surface area contributed by atoms with Gasteiger partial charge in [0.1, 0.15) is 5.75 Å². The molecule has 0 aromatic heterocycles. The number of ether oxygens (including phenoxy) is 2. The van der Waals surface area contributed by atoms with Gasteiger partial charge >= 0.3 is 5.97 Å². The summed E-state index contributed by atoms with van der Waals surface area (Å²) in [4.78, 5) is 11.1. The van der Waals surface area contributed by atoms with E-state index < -0.39 is 0 Å². The summed E-state index contributed by atoms with van der Waals surface area (Å²) in [6, 6.07) is 7.87. The first-order valence-corrected chi connectivity index (χ1v) is 10.7. The van der Waals surface area contributed by atoms with Crippen LogP contribution in [0.15, 0.2) is 30.3 Å². The van der Waals surface area contributed by atoms with E-state index in [1.54, 1.807) is 6.08 Å². The first kappa shape index (κ1) is 21.5. The fraction of sp³-hybridized carbons (Fsp3) is 0.625. The van der Waals surface area contributed by atoms with Crippen LogP contribution in [0.3, 0.4) is 0 Å². The van der Waals surface area contributed by atoms with E-state index in [1.165, 1.54) is 77.4 Å². The molecule has 0 spiro atoms. The van der Waals surface area contributed by atoms with Gasteiger partial charge in [-0.3, -0.25) is 0 Å². The van der Waals surface area contributed by atoms with Gasteiger partial charge in [0, 0.05) is 6.08 Å². The van der Waals surface area contributed by atoms with Crippen LogP contribution in [0.4, 0.5) is 0 Å². The van der Waals surface area contributed by atoms with E-state index in [4.69, 9.17) is 4.74 Å². The van der Waals surface area contributed by atoms with Gasteiger partial charge in [-0.15, -0.1) is 0 Å². The van der Waals surface area contributed by atoms with Crippen molar-refractivity contribution in [2.45, 2.75) is 71.1 Å². The second-order valence-electron chi connectivity index (χ2n) is 7.83. The van der Waals surface area contributed by atoms with Crippen molar-refractivity contribution < 1.29 is 14.3 Å². The van der Waals surface area contributed by atoms with Gasteiger partial charge in [0.2, 0.25) is 0 Å². The van der Waals surface area contributed by atoms with E-state index in [-0.39, 0.29) is 5.97 Å². The zero-order valence-electron chi connectivity index (χ0n) is 17.1. The zero-order valence-corrected chi connectivity index (χ0v) is 17.1. The normalized spacial score (nSPS) is 19.9. The highest BCUT2D eigenvalue weighted by Crippen LogP contribution is 2.32. The molecule has 0 N–H and O–H groups in total. The first-order valence-electron chi connectivity index (χ1n) is 10.7. The number of hydrogen-bond donors (Lipinski definition) is 0. The minimum atomic E-state index is -0.341. The molecule has 1 saturated carbocycles. The van der Waals surface area contributed by atoms with Crippen molar-refractivity contribution >= 4 is 12.0 Å². The third-order valence-electron chi connectivity index (χ3n) is 5.66. The van der Waals surface area contributed by atoms with Crippen molar-refractivity contribution in [3.8, 4) is 5.75 Å². The van der Waals surface area contributed by atoms with E-state index in [9.17, 15) is 4.79 Å². The van der Waals surface area contributed by atoms with Gasteiger partial charge in [0.05, 0.1) is 13.7 Å². The van der Waals surface area contributed by atoms with Gasteiger partial charge in [-0.1, -0.05) is 70.4 Å². The highest BCUT2D eigenvalue weighted by atomic mass is 16.5. The van der Waals surface area contributed by atoms with Crippen LogP contribution in [0.5, 0.6) is 5.75 Å². The summed E-state index contributed by atoms with van der Waals surface area (Å²) in [6.07, 6.45) is 16.9. The smallest absolute Gasteiger partial charge is 0.330 e. The number of esters is 1. The van der Waals surface area contributed by atoms with Gasteiger partial charge in [-0.2, -0.15) is 0 Å². The van der Waals surface area contributed by atoms with Crippen molar-refractivity contribution in [1.29, 1.82) is 0 Å². The maximum atomic E-state index is 11.1. The Morgan fingerprint density at radius 1 is 1.00 bits per heavy atom. The predicted molar refractivity (Wildman–Crippen MR) is 112 cm³/mol. The fourth-order valence-corrected chi connectivity index (χ4v) is 3.84. The topological polar surface area (TPSA) is 35.5 Å². The van der Waals surface area contributed by atoms with Gasteiger partial charge in [0.15, 0.2) is 0 Å². The molecule has 0 atom stereocenters. The molecule has 0 heterocycles. The second-order valence-corrected chi connectivity index (χ2v) is 7.83. The van der Waals surface area contributed by atoms with Crippen LogP contribution < -0.4 is 4.74 Å². The van der Waals surface area contributed by atoms with Gasteiger partial charge in [0.25, 0.3) is 0 Å². The Kier molecular flexibility index (Phi) is 10.0. The molecule has 0 radical (unpaired) electrons. The SMILES string of the molecule is CCCCCCC[C@H]1CC[C@H](COc2ccc(/C=C/C(=O)OC)cc2)CC1. The molecule has 150 valence electrons. The van der Waals surface area contributed by atoms with Crippen LogP contribution in [-0.4, -0.2) is 19.7 Å². The number of methoxy groups -OCH3 is 1. The summed E-state index contributed by atoms with van der Waals surface area (Å²) < 4.78 is 10.6. The molecular weight excluding hydrogens is 336 g/mol. The molecule has 0 aliphatic heterocycles. The summed E-state index contributed by atoms with van der Waals surface area (Å²) in [5, 5.41) is 0. The van der Waals surface area contributed by atoms with Crippen molar-refractivity contribution in [2.75, 3.05) is 13.7 Å². The molecule has 1 aliphatic rings. The number of hydrogen-bond acceptors (Lipinski definition) is 3. The Morgan fingerprint density at radius 2 is 1.67 bits per heavy atom. The predicted octanol–water partition coefficient (Wildman–Crippen LogP) is 6.42. The Bertz CT molecular complexity index is 553. The lowest BCUT2D eigenvalue weighted by molar-refractivity contribution is -0.134. The molecule has 2 rings (SSSR count). The Balaban J connectivity index is 1.62. The van der Waals surface area contributed by atoms with Gasteiger partial charge < -0.3 is 9.47 Å². The third kappa shape index (κ3) is 8.64. The number of unbranched alkanes of at least 4 members (excludes halogenated alkanes) is 4. The van der Waals surface area contributed by atoms with Gasteiger partial charge in [-0.05, 0) is 48.4 Å². The van der Waals surface area contributed by atoms with Crippen LogP contribution in [0.25, 0.3) is 6.08 Å². The van der Waals surface area contributed by atoms with Crippen molar-refractivity contribution in [3.05, 3.63) is 35.9 Å². The number of carbonyl (C=O) groups is 1. The van der Waals surface area contributed by atoms with Crippen molar-refractivity contribution in [2.24, 2.45) is 11.8 Å². The molecule has 1 fully saturated rings. The van der Waals surface area contributed by atoms with Crippen LogP contribution in [0.1, 0.15) is 76.7 Å². The van der Waals surface area contributed by atoms with Gasteiger partial charge in [-0.25, -0.2) is 4.79 Å². The summed E-state index contributed by atoms with van der Waals surface area (Å²) in [5.74, 6) is 2.21. The summed E-state index contributed by atoms with van der Waals surface area (Å²) >= 11 is 0. The average Bonchev–Trinajstić information content (AvgIpc) is 2.72. The summed E-state index contributed by atoms with van der Waals surface area (Å²) in [6.45, 7) is 3.10. The largest absolute Gasteiger partial charge is 0.493 e. The molecule has 0 amide bonds. The summed E-state index contributed by atoms with van der Waals surface area (Å²) in [7, 11) is 1.38. The van der Waals surface area contributed by atoms with E-state index in [2.05, 4.69) is 11.7 Å². The lowest BCUT2D eigenvalue weighted by atomic mass is 9.80. The summed E-state index contributed by atoms with van der Waals surface area (Å²) in [5.41, 5.74) is 0.965. The molecule has 1 aromatic carbocycles. The lowest BCUT2D eigenvalue weighted by Crippen LogP contribution is -2.20. The Labute approximate surface area is 165 Å². The number of rotatable bonds is 11. The minimum Gasteiger partial charge on any atom is -0.493 e. The van der Waals surface area contributed by atoms with E-state index in [0.717, 1.165) is 23.8 Å². The molecular formula is C24H36O3. The lowest BCUT2D eigenvalue weighted by Gasteiger charge is -2.28. The molecule has 0 bridgehead atoms. The Morgan fingerprint density at radius 3 is 2.33 bits per heavy atom. The molecule has 0 saturated heterocycles. The van der Waals surface area contributed by atoms with Crippen LogP contribution >= 0.6 is 0 Å². The highest BCUT2D eigenvalue weighted by Gasteiger charge is 2.21. The zero-order chi connectivity index (χ0) is 19.3. The number of benzene rings is 1. The maximum absolute atomic E-state index is 11.1. The van der Waals surface area contributed by atoms with Crippen LogP contribution in [-0.2, 0) is 9.53 Å². The maximum Gasteiger partial charge on any atom is 0.330 e.